The summed E-state index contributed by atoms with van der Waals surface area (Å²) >= 11 is 0. The summed E-state index contributed by atoms with van der Waals surface area (Å²) in [4.78, 5) is 2.32. The Morgan fingerprint density at radius 1 is 0.538 bits per heavy atom. The standard InChI is InChI=1S/C25H21N/c1-20-17-18-25(24(19-20)21-11-5-2-6-12-21)26(22-13-7-3-8-14-22)23-15-9-4-10-16-23/h2-19H,1H3. The van der Waals surface area contributed by atoms with Crippen LogP contribution < -0.4 is 4.90 Å². The zero-order chi connectivity index (χ0) is 17.8. The van der Waals surface area contributed by atoms with Crippen LogP contribution in [0.25, 0.3) is 11.1 Å². The molecule has 0 aliphatic heterocycles. The molecule has 0 bridgehead atoms. The summed E-state index contributed by atoms with van der Waals surface area (Å²) < 4.78 is 0. The molecule has 0 aliphatic rings. The third-order valence-corrected chi connectivity index (χ3v) is 4.51. The number of rotatable bonds is 4. The molecule has 0 unspecified atom stereocenters. The van der Waals surface area contributed by atoms with Gasteiger partial charge in [0.15, 0.2) is 0 Å². The van der Waals surface area contributed by atoms with Crippen molar-refractivity contribution in [3.8, 4) is 11.1 Å². The molecular weight excluding hydrogens is 314 g/mol. The second kappa shape index (κ2) is 7.28. The van der Waals surface area contributed by atoms with Crippen molar-refractivity contribution in [2.75, 3.05) is 4.90 Å². The minimum Gasteiger partial charge on any atom is -0.310 e. The second-order valence-corrected chi connectivity index (χ2v) is 6.39. The first-order valence-corrected chi connectivity index (χ1v) is 8.89. The van der Waals surface area contributed by atoms with Crippen molar-refractivity contribution in [1.29, 1.82) is 0 Å². The molecule has 4 rings (SSSR count). The van der Waals surface area contributed by atoms with Crippen molar-refractivity contribution in [2.45, 2.75) is 6.92 Å². The predicted molar refractivity (Wildman–Crippen MR) is 111 cm³/mol. The van der Waals surface area contributed by atoms with Crippen LogP contribution in [0.1, 0.15) is 5.56 Å². The zero-order valence-corrected chi connectivity index (χ0v) is 14.8. The molecule has 0 aliphatic carbocycles. The molecule has 0 saturated carbocycles. The number of hydrogen-bond donors (Lipinski definition) is 0. The molecule has 4 aromatic rings. The molecule has 26 heavy (non-hydrogen) atoms. The predicted octanol–water partition coefficient (Wildman–Crippen LogP) is 7.13. The zero-order valence-electron chi connectivity index (χ0n) is 14.8. The van der Waals surface area contributed by atoms with Crippen LogP contribution in [0.15, 0.2) is 109 Å². The van der Waals surface area contributed by atoms with Crippen LogP contribution in [-0.4, -0.2) is 0 Å². The monoisotopic (exact) mass is 335 g/mol. The smallest absolute Gasteiger partial charge is 0.0540 e. The Bertz CT molecular complexity index is 937. The van der Waals surface area contributed by atoms with Gasteiger partial charge in [-0.2, -0.15) is 0 Å². The van der Waals surface area contributed by atoms with Crippen LogP contribution in [0.4, 0.5) is 17.1 Å². The maximum Gasteiger partial charge on any atom is 0.0540 e. The third-order valence-electron chi connectivity index (χ3n) is 4.51. The lowest BCUT2D eigenvalue weighted by Gasteiger charge is -2.28. The number of aryl methyl sites for hydroxylation is 1. The van der Waals surface area contributed by atoms with Gasteiger partial charge in [0.2, 0.25) is 0 Å². The Labute approximate surface area is 155 Å². The molecule has 0 spiro atoms. The minimum atomic E-state index is 1.15. The van der Waals surface area contributed by atoms with E-state index in [1.165, 1.54) is 22.4 Å². The Kier molecular flexibility index (Phi) is 4.53. The lowest BCUT2D eigenvalue weighted by atomic mass is 9.99. The van der Waals surface area contributed by atoms with E-state index in [4.69, 9.17) is 0 Å². The third kappa shape index (κ3) is 3.25. The summed E-state index contributed by atoms with van der Waals surface area (Å²) in [6.07, 6.45) is 0. The average Bonchev–Trinajstić information content (AvgIpc) is 2.71. The normalized spacial score (nSPS) is 10.5. The van der Waals surface area contributed by atoms with Crippen LogP contribution >= 0.6 is 0 Å². The number of nitrogens with zero attached hydrogens (tertiary/aromatic N) is 1. The molecule has 4 aromatic carbocycles. The molecule has 0 radical (unpaired) electrons. The Balaban J connectivity index is 1.95. The van der Waals surface area contributed by atoms with Gasteiger partial charge >= 0.3 is 0 Å². The lowest BCUT2D eigenvalue weighted by Crippen LogP contribution is -2.11. The summed E-state index contributed by atoms with van der Waals surface area (Å²) in [5.41, 5.74) is 7.20. The largest absolute Gasteiger partial charge is 0.310 e. The molecular formula is C25H21N. The van der Waals surface area contributed by atoms with E-state index in [9.17, 15) is 0 Å². The maximum atomic E-state index is 2.32. The molecule has 0 N–H and O–H groups in total. The highest BCUT2D eigenvalue weighted by atomic mass is 15.1. The van der Waals surface area contributed by atoms with E-state index in [2.05, 4.69) is 121 Å². The molecule has 1 heteroatoms. The van der Waals surface area contributed by atoms with E-state index >= 15 is 0 Å². The van der Waals surface area contributed by atoms with Crippen molar-refractivity contribution in [2.24, 2.45) is 0 Å². The van der Waals surface area contributed by atoms with Gasteiger partial charge in [-0.1, -0.05) is 78.4 Å². The van der Waals surface area contributed by atoms with E-state index in [1.807, 2.05) is 0 Å². The van der Waals surface area contributed by atoms with Gasteiger partial charge in [0.1, 0.15) is 0 Å². The Morgan fingerprint density at radius 2 is 1.04 bits per heavy atom. The van der Waals surface area contributed by atoms with E-state index in [1.54, 1.807) is 0 Å². The van der Waals surface area contributed by atoms with E-state index in [-0.39, 0.29) is 0 Å². The van der Waals surface area contributed by atoms with Gasteiger partial charge in [-0.25, -0.2) is 0 Å². The average molecular weight is 335 g/mol. The lowest BCUT2D eigenvalue weighted by molar-refractivity contribution is 1.27. The highest BCUT2D eigenvalue weighted by Crippen LogP contribution is 2.40. The Hall–Kier alpha value is -3.32. The summed E-state index contributed by atoms with van der Waals surface area (Å²) in [5.74, 6) is 0. The van der Waals surface area contributed by atoms with Crippen molar-refractivity contribution < 1.29 is 0 Å². The van der Waals surface area contributed by atoms with Gasteiger partial charge in [0.25, 0.3) is 0 Å². The van der Waals surface area contributed by atoms with Gasteiger partial charge in [0.05, 0.1) is 5.69 Å². The fourth-order valence-corrected chi connectivity index (χ4v) is 3.28. The van der Waals surface area contributed by atoms with Gasteiger partial charge in [-0.15, -0.1) is 0 Å². The topological polar surface area (TPSA) is 3.24 Å². The first-order valence-electron chi connectivity index (χ1n) is 8.89. The van der Waals surface area contributed by atoms with Crippen LogP contribution in [0.3, 0.4) is 0 Å². The van der Waals surface area contributed by atoms with Crippen LogP contribution in [0.5, 0.6) is 0 Å². The van der Waals surface area contributed by atoms with Crippen LogP contribution in [0, 0.1) is 6.92 Å². The number of hydrogen-bond acceptors (Lipinski definition) is 1. The van der Waals surface area contributed by atoms with E-state index < -0.39 is 0 Å². The van der Waals surface area contributed by atoms with Crippen molar-refractivity contribution in [3.63, 3.8) is 0 Å². The summed E-state index contributed by atoms with van der Waals surface area (Å²) in [6, 6.07) is 38.3. The highest BCUT2D eigenvalue weighted by molar-refractivity contribution is 5.88. The molecule has 0 atom stereocenters. The van der Waals surface area contributed by atoms with E-state index in [0.29, 0.717) is 0 Å². The fraction of sp³-hybridized carbons (Fsp3) is 0.0400. The maximum absolute atomic E-state index is 2.32. The molecule has 0 amide bonds. The summed E-state index contributed by atoms with van der Waals surface area (Å²) in [5, 5.41) is 0. The van der Waals surface area contributed by atoms with Crippen molar-refractivity contribution in [1.82, 2.24) is 0 Å². The molecule has 0 fully saturated rings. The molecule has 1 nitrogen and oxygen atoms in total. The van der Waals surface area contributed by atoms with E-state index in [0.717, 1.165) is 11.4 Å². The summed E-state index contributed by atoms with van der Waals surface area (Å²) in [7, 11) is 0. The van der Waals surface area contributed by atoms with Gasteiger partial charge in [-0.3, -0.25) is 0 Å². The van der Waals surface area contributed by atoms with Gasteiger partial charge in [0, 0.05) is 16.9 Å². The number of anilines is 3. The molecule has 0 aromatic heterocycles. The molecule has 0 saturated heterocycles. The van der Waals surface area contributed by atoms with Gasteiger partial charge < -0.3 is 4.90 Å². The molecule has 0 heterocycles. The quantitative estimate of drug-likeness (QED) is 0.383. The first-order chi connectivity index (χ1) is 12.8. The number of para-hydroxylation sites is 2. The van der Waals surface area contributed by atoms with Crippen molar-refractivity contribution in [3.05, 3.63) is 115 Å². The fourth-order valence-electron chi connectivity index (χ4n) is 3.28. The van der Waals surface area contributed by atoms with Crippen LogP contribution in [-0.2, 0) is 0 Å². The first kappa shape index (κ1) is 16.2. The minimum absolute atomic E-state index is 1.15. The van der Waals surface area contributed by atoms with Gasteiger partial charge in [-0.05, 0) is 48.9 Å². The summed E-state index contributed by atoms with van der Waals surface area (Å²) in [6.45, 7) is 2.14. The number of benzene rings is 4. The van der Waals surface area contributed by atoms with Crippen LogP contribution in [0.2, 0.25) is 0 Å². The second-order valence-electron chi connectivity index (χ2n) is 6.39. The SMILES string of the molecule is Cc1ccc(N(c2ccccc2)c2ccccc2)c(-c2ccccc2)c1. The van der Waals surface area contributed by atoms with Crippen molar-refractivity contribution >= 4 is 17.1 Å². The Morgan fingerprint density at radius 3 is 1.58 bits per heavy atom. The molecule has 126 valence electrons. The highest BCUT2D eigenvalue weighted by Gasteiger charge is 2.16.